The number of hydrogen-bond acceptors (Lipinski definition) is 5. The molecule has 236 valence electrons. The molecule has 0 fully saturated rings. The van der Waals surface area contributed by atoms with Gasteiger partial charge in [-0.2, -0.15) is 0 Å². The maximum atomic E-state index is 14.2. The first kappa shape index (κ1) is 35.6. The number of amides is 2. The number of hydrogen-bond donors (Lipinski definition) is 3. The number of benzene rings is 1. The molecule has 1 aliphatic carbocycles. The van der Waals surface area contributed by atoms with Gasteiger partial charge in [0.1, 0.15) is 11.6 Å². The van der Waals surface area contributed by atoms with Crippen LogP contribution in [0, 0.1) is 23.0 Å². The Labute approximate surface area is 251 Å². The van der Waals surface area contributed by atoms with E-state index in [0.29, 0.717) is 48.4 Å². The van der Waals surface area contributed by atoms with Gasteiger partial charge in [-0.25, -0.2) is 8.78 Å². The van der Waals surface area contributed by atoms with Crippen LogP contribution in [0.5, 0.6) is 0 Å². The number of aliphatic hydroxyl groups excluding tert-OH is 1. The van der Waals surface area contributed by atoms with Gasteiger partial charge in [0, 0.05) is 62.4 Å². The molecule has 1 unspecified atom stereocenters. The largest absolute Gasteiger partial charge is 0.391 e. The second kappa shape index (κ2) is 16.3. The smallest absolute Gasteiger partial charge is 0.249 e. The van der Waals surface area contributed by atoms with Gasteiger partial charge in [-0.3, -0.25) is 14.5 Å². The Morgan fingerprint density at radius 3 is 2.10 bits per heavy atom. The van der Waals surface area contributed by atoms with Crippen LogP contribution in [0.25, 0.3) is 0 Å². The number of carbonyl (C=O) groups is 2. The Morgan fingerprint density at radius 1 is 1.02 bits per heavy atom. The third kappa shape index (κ3) is 9.44. The van der Waals surface area contributed by atoms with Crippen LogP contribution < -0.4 is 11.1 Å². The summed E-state index contributed by atoms with van der Waals surface area (Å²) >= 11 is 0. The summed E-state index contributed by atoms with van der Waals surface area (Å²) in [7, 11) is 0. The standard InChI is InChI=1S/C33H52F2N4O3/c1-8-11-38(12-9-2)31(41)26-14-24(7)19-33(20-26,32(36)42)29(17-25-15-27(34)18-28(35)16-25)30(40)21-37-10-13-39(22(3)4)23(5)6/h14-16,18-19,22-23,29-30,37,40H,8-13,17,20-21H2,1-7H3,(H2,36,42)/t29-,30+,33?/m1/s1. The summed E-state index contributed by atoms with van der Waals surface area (Å²) in [5, 5.41) is 14.9. The van der Waals surface area contributed by atoms with E-state index in [4.69, 9.17) is 5.73 Å². The number of rotatable bonds is 17. The fourth-order valence-electron chi connectivity index (χ4n) is 6.27. The molecule has 0 bridgehead atoms. The molecule has 9 heteroatoms. The molecule has 0 spiro atoms. The van der Waals surface area contributed by atoms with E-state index < -0.39 is 35.0 Å². The molecule has 42 heavy (non-hydrogen) atoms. The van der Waals surface area contributed by atoms with Crippen molar-refractivity contribution in [2.75, 3.05) is 32.7 Å². The molecule has 2 rings (SSSR count). The number of nitrogens with zero attached hydrogens (tertiary/aromatic N) is 2. The molecule has 0 aliphatic heterocycles. The summed E-state index contributed by atoms with van der Waals surface area (Å²) in [4.78, 5) is 31.2. The average Bonchev–Trinajstić information content (AvgIpc) is 2.89. The Kier molecular flexibility index (Phi) is 13.8. The molecule has 0 aromatic heterocycles. The van der Waals surface area contributed by atoms with Crippen LogP contribution in [0.15, 0.2) is 41.5 Å². The zero-order valence-corrected chi connectivity index (χ0v) is 26.6. The Balaban J connectivity index is 2.46. The van der Waals surface area contributed by atoms with Gasteiger partial charge in [0.15, 0.2) is 0 Å². The summed E-state index contributed by atoms with van der Waals surface area (Å²) < 4.78 is 28.4. The van der Waals surface area contributed by atoms with Gasteiger partial charge >= 0.3 is 0 Å². The van der Waals surface area contributed by atoms with E-state index in [-0.39, 0.29) is 25.3 Å². The van der Waals surface area contributed by atoms with Crippen molar-refractivity contribution in [1.82, 2.24) is 15.1 Å². The third-order valence-electron chi connectivity index (χ3n) is 8.11. The summed E-state index contributed by atoms with van der Waals surface area (Å²) in [5.41, 5.74) is 6.09. The molecule has 1 aromatic rings. The maximum absolute atomic E-state index is 14.2. The molecular weight excluding hydrogens is 538 g/mol. The van der Waals surface area contributed by atoms with Crippen molar-refractivity contribution in [3.63, 3.8) is 0 Å². The molecule has 0 heterocycles. The minimum absolute atomic E-state index is 0.00354. The second-order valence-corrected chi connectivity index (χ2v) is 12.2. The number of nitrogens with one attached hydrogen (secondary N) is 1. The molecule has 4 N–H and O–H groups in total. The molecule has 7 nitrogen and oxygen atoms in total. The molecule has 1 aliphatic rings. The van der Waals surface area contributed by atoms with E-state index in [1.165, 1.54) is 12.1 Å². The van der Waals surface area contributed by atoms with Crippen molar-refractivity contribution >= 4 is 11.8 Å². The van der Waals surface area contributed by atoms with Gasteiger partial charge in [-0.15, -0.1) is 0 Å². The normalized spacial score (nSPS) is 18.7. The number of nitrogens with two attached hydrogens (primary N) is 1. The number of aliphatic hydroxyl groups is 1. The lowest BCUT2D eigenvalue weighted by Crippen LogP contribution is -2.52. The van der Waals surface area contributed by atoms with E-state index >= 15 is 0 Å². The molecule has 2 amide bonds. The predicted molar refractivity (Wildman–Crippen MR) is 165 cm³/mol. The molecule has 0 saturated heterocycles. The SMILES string of the molecule is CCCN(CCC)C(=O)C1=CC(C)=CC(C(N)=O)([C@H](Cc2cc(F)cc(F)c2)[C@@H](O)CNCCN(C(C)C)C(C)C)C1. The highest BCUT2D eigenvalue weighted by atomic mass is 19.1. The summed E-state index contributed by atoms with van der Waals surface area (Å²) in [6.45, 7) is 17.0. The lowest BCUT2D eigenvalue weighted by molar-refractivity contribution is -0.132. The highest BCUT2D eigenvalue weighted by Gasteiger charge is 2.48. The van der Waals surface area contributed by atoms with Crippen LogP contribution in [-0.2, 0) is 16.0 Å². The molecule has 3 atom stereocenters. The average molecular weight is 591 g/mol. The van der Waals surface area contributed by atoms with E-state index in [1.54, 1.807) is 24.0 Å². The van der Waals surface area contributed by atoms with Crippen molar-refractivity contribution in [2.45, 2.75) is 92.3 Å². The van der Waals surface area contributed by atoms with Gasteiger partial charge < -0.3 is 21.1 Å². The summed E-state index contributed by atoms with van der Waals surface area (Å²) in [6.07, 6.45) is 3.96. The minimum atomic E-state index is -1.44. The quantitative estimate of drug-likeness (QED) is 0.231. The van der Waals surface area contributed by atoms with E-state index in [9.17, 15) is 23.5 Å². The fraction of sp³-hybridized carbons (Fsp3) is 0.636. The van der Waals surface area contributed by atoms with E-state index in [2.05, 4.69) is 37.9 Å². The zero-order chi connectivity index (χ0) is 31.6. The number of allylic oxidation sites excluding steroid dienone is 2. The van der Waals surface area contributed by atoms with Crippen molar-refractivity contribution in [2.24, 2.45) is 17.1 Å². The van der Waals surface area contributed by atoms with Gasteiger partial charge in [-0.1, -0.05) is 31.6 Å². The number of halogens is 2. The van der Waals surface area contributed by atoms with Gasteiger partial charge in [-0.05, 0) is 78.0 Å². The predicted octanol–water partition coefficient (Wildman–Crippen LogP) is 4.59. The molecular formula is C33H52F2N4O3. The molecule has 0 radical (unpaired) electrons. The number of primary amides is 1. The van der Waals surface area contributed by atoms with Crippen LogP contribution in [0.1, 0.15) is 73.3 Å². The Morgan fingerprint density at radius 2 is 1.60 bits per heavy atom. The van der Waals surface area contributed by atoms with Crippen LogP contribution >= 0.6 is 0 Å². The first-order valence-corrected chi connectivity index (χ1v) is 15.3. The lowest BCUT2D eigenvalue weighted by Gasteiger charge is -2.42. The van der Waals surface area contributed by atoms with Crippen LogP contribution in [-0.4, -0.2) is 77.6 Å². The van der Waals surface area contributed by atoms with Gasteiger partial charge in [0.2, 0.25) is 11.8 Å². The van der Waals surface area contributed by atoms with E-state index in [0.717, 1.165) is 25.5 Å². The molecule has 0 saturated carbocycles. The van der Waals surface area contributed by atoms with Crippen molar-refractivity contribution in [3.8, 4) is 0 Å². The minimum Gasteiger partial charge on any atom is -0.391 e. The number of carbonyl (C=O) groups excluding carboxylic acids is 2. The highest BCUT2D eigenvalue weighted by Crippen LogP contribution is 2.44. The lowest BCUT2D eigenvalue weighted by atomic mass is 9.63. The second-order valence-electron chi connectivity index (χ2n) is 12.2. The van der Waals surface area contributed by atoms with Crippen LogP contribution in [0.3, 0.4) is 0 Å². The van der Waals surface area contributed by atoms with Gasteiger partial charge in [0.25, 0.3) is 0 Å². The highest BCUT2D eigenvalue weighted by molar-refractivity contribution is 5.96. The monoisotopic (exact) mass is 590 g/mol. The first-order chi connectivity index (χ1) is 19.7. The summed E-state index contributed by atoms with van der Waals surface area (Å²) in [5.74, 6) is -3.19. The van der Waals surface area contributed by atoms with Gasteiger partial charge in [0.05, 0.1) is 11.5 Å². The molecule has 1 aromatic carbocycles. The van der Waals surface area contributed by atoms with Crippen molar-refractivity contribution in [3.05, 3.63) is 58.7 Å². The third-order valence-corrected chi connectivity index (χ3v) is 8.11. The topological polar surface area (TPSA) is 98.9 Å². The van der Waals surface area contributed by atoms with Crippen molar-refractivity contribution < 1.29 is 23.5 Å². The van der Waals surface area contributed by atoms with Crippen LogP contribution in [0.4, 0.5) is 8.78 Å². The Bertz CT molecular complexity index is 1090. The maximum Gasteiger partial charge on any atom is 0.249 e. The fourth-order valence-corrected chi connectivity index (χ4v) is 6.27. The first-order valence-electron chi connectivity index (χ1n) is 15.3. The zero-order valence-electron chi connectivity index (χ0n) is 26.6. The van der Waals surface area contributed by atoms with Crippen molar-refractivity contribution in [1.29, 1.82) is 0 Å². The summed E-state index contributed by atoms with van der Waals surface area (Å²) in [6, 6.07) is 3.90. The Hall–Kier alpha value is -2.62. The van der Waals surface area contributed by atoms with Crippen LogP contribution in [0.2, 0.25) is 0 Å². The van der Waals surface area contributed by atoms with E-state index in [1.807, 2.05) is 13.8 Å².